The normalized spacial score (nSPS) is 31.3. The molecule has 0 aromatic carbocycles. The van der Waals surface area contributed by atoms with Gasteiger partial charge in [-0.3, -0.25) is 0 Å². The molecule has 2 atom stereocenters. The Morgan fingerprint density at radius 1 is 1.60 bits per heavy atom. The molecule has 1 aliphatic rings. The second-order valence-electron chi connectivity index (χ2n) is 1.91. The Balaban J connectivity index is 2.57. The number of hydrogen-bond acceptors (Lipinski definition) is 4. The predicted octanol–water partition coefficient (Wildman–Crippen LogP) is -0.162. The minimum Gasteiger partial charge on any atom is -0.495 e. The van der Waals surface area contributed by atoms with Gasteiger partial charge in [0.1, 0.15) is 6.26 Å². The molecule has 58 valence electrons. The lowest BCUT2D eigenvalue weighted by Gasteiger charge is -2.13. The lowest BCUT2D eigenvalue weighted by Crippen LogP contribution is -2.26. The van der Waals surface area contributed by atoms with Crippen molar-refractivity contribution in [1.82, 2.24) is 0 Å². The Morgan fingerprint density at radius 3 is 2.70 bits per heavy atom. The first kappa shape index (κ1) is 7.37. The van der Waals surface area contributed by atoms with Gasteiger partial charge in [-0.2, -0.15) is 0 Å². The third kappa shape index (κ3) is 1.08. The summed E-state index contributed by atoms with van der Waals surface area (Å²) in [7, 11) is 2.98. The summed E-state index contributed by atoms with van der Waals surface area (Å²) in [5.41, 5.74) is 0. The molecule has 10 heavy (non-hydrogen) atoms. The van der Waals surface area contributed by atoms with Crippen molar-refractivity contribution in [2.24, 2.45) is 0 Å². The molecule has 0 fully saturated rings. The molecule has 1 heterocycles. The predicted molar refractivity (Wildman–Crippen MR) is 33.0 cm³/mol. The lowest BCUT2D eigenvalue weighted by molar-refractivity contribution is -0.112. The highest BCUT2D eigenvalue weighted by Gasteiger charge is 2.30. The molecule has 2 unspecified atom stereocenters. The molecule has 0 aromatic heterocycles. The van der Waals surface area contributed by atoms with E-state index in [2.05, 4.69) is 0 Å². The van der Waals surface area contributed by atoms with Crippen LogP contribution in [0.2, 0.25) is 0 Å². The van der Waals surface area contributed by atoms with Gasteiger partial charge in [-0.1, -0.05) is 0 Å². The van der Waals surface area contributed by atoms with E-state index in [4.69, 9.17) is 19.3 Å². The van der Waals surface area contributed by atoms with Gasteiger partial charge in [0, 0.05) is 7.11 Å². The summed E-state index contributed by atoms with van der Waals surface area (Å²) in [6, 6.07) is 0. The molecular weight excluding hydrogens is 136 g/mol. The molecule has 1 N–H and O–H groups in total. The van der Waals surface area contributed by atoms with Gasteiger partial charge < -0.3 is 19.3 Å². The van der Waals surface area contributed by atoms with Crippen LogP contribution in [-0.4, -0.2) is 31.7 Å². The van der Waals surface area contributed by atoms with Gasteiger partial charge >= 0.3 is 0 Å². The Hall–Kier alpha value is -0.740. The number of methoxy groups -OCH3 is 2. The number of aliphatic hydroxyl groups is 1. The fraction of sp³-hybridized carbons (Fsp3) is 0.667. The van der Waals surface area contributed by atoms with Crippen molar-refractivity contribution in [2.75, 3.05) is 14.2 Å². The monoisotopic (exact) mass is 146 g/mol. The van der Waals surface area contributed by atoms with Crippen LogP contribution in [0.3, 0.4) is 0 Å². The molecule has 0 saturated carbocycles. The summed E-state index contributed by atoms with van der Waals surface area (Å²) in [5, 5.41) is 9.01. The van der Waals surface area contributed by atoms with Gasteiger partial charge in [0.15, 0.2) is 11.9 Å². The highest BCUT2D eigenvalue weighted by atomic mass is 16.7. The van der Waals surface area contributed by atoms with E-state index in [0.717, 1.165) is 0 Å². The second kappa shape index (κ2) is 2.90. The standard InChI is InChI=1S/C6H10O4/c1-8-4-3-10-6(7)5(4)9-2/h3,5-7H,1-2H3. The van der Waals surface area contributed by atoms with Gasteiger partial charge in [-0.15, -0.1) is 0 Å². The Morgan fingerprint density at radius 2 is 2.30 bits per heavy atom. The molecular formula is C6H10O4. The average molecular weight is 146 g/mol. The first-order valence-corrected chi connectivity index (χ1v) is 2.90. The maximum Gasteiger partial charge on any atom is 0.230 e. The van der Waals surface area contributed by atoms with Crippen LogP contribution in [0.15, 0.2) is 12.0 Å². The highest BCUT2D eigenvalue weighted by molar-refractivity contribution is 5.03. The van der Waals surface area contributed by atoms with Crippen molar-refractivity contribution in [3.05, 3.63) is 12.0 Å². The maximum atomic E-state index is 9.01. The number of hydrogen-bond donors (Lipinski definition) is 1. The quantitative estimate of drug-likeness (QED) is 0.588. The van der Waals surface area contributed by atoms with Gasteiger partial charge in [-0.05, 0) is 0 Å². The van der Waals surface area contributed by atoms with Crippen molar-refractivity contribution < 1.29 is 19.3 Å². The number of aliphatic hydroxyl groups excluding tert-OH is 1. The Labute approximate surface area is 59.0 Å². The Bertz CT molecular complexity index is 143. The molecule has 1 aliphatic heterocycles. The van der Waals surface area contributed by atoms with Gasteiger partial charge in [-0.25, -0.2) is 0 Å². The van der Waals surface area contributed by atoms with Crippen LogP contribution in [0.5, 0.6) is 0 Å². The zero-order valence-corrected chi connectivity index (χ0v) is 5.90. The summed E-state index contributed by atoms with van der Waals surface area (Å²) in [4.78, 5) is 0. The molecule has 0 saturated heterocycles. The first-order chi connectivity index (χ1) is 4.79. The largest absolute Gasteiger partial charge is 0.495 e. The van der Waals surface area contributed by atoms with E-state index in [9.17, 15) is 0 Å². The van der Waals surface area contributed by atoms with Crippen LogP contribution in [-0.2, 0) is 14.2 Å². The van der Waals surface area contributed by atoms with Crippen LogP contribution >= 0.6 is 0 Å². The van der Waals surface area contributed by atoms with Gasteiger partial charge in [0.25, 0.3) is 0 Å². The molecule has 0 bridgehead atoms. The van der Waals surface area contributed by atoms with Crippen LogP contribution in [0.4, 0.5) is 0 Å². The SMILES string of the molecule is COC1=COC(O)C1OC. The third-order valence-electron chi connectivity index (χ3n) is 1.35. The van der Waals surface area contributed by atoms with Crippen molar-refractivity contribution in [1.29, 1.82) is 0 Å². The number of ether oxygens (including phenoxy) is 3. The van der Waals surface area contributed by atoms with Crippen molar-refractivity contribution >= 4 is 0 Å². The summed E-state index contributed by atoms with van der Waals surface area (Å²) in [5.74, 6) is 0.509. The molecule has 0 aliphatic carbocycles. The Kier molecular flexibility index (Phi) is 2.13. The smallest absolute Gasteiger partial charge is 0.230 e. The lowest BCUT2D eigenvalue weighted by atomic mass is 10.3. The topological polar surface area (TPSA) is 47.9 Å². The van der Waals surface area contributed by atoms with Crippen molar-refractivity contribution in [3.8, 4) is 0 Å². The molecule has 1 rings (SSSR count). The van der Waals surface area contributed by atoms with Crippen LogP contribution < -0.4 is 0 Å². The molecule has 0 aromatic rings. The van der Waals surface area contributed by atoms with E-state index in [-0.39, 0.29) is 0 Å². The van der Waals surface area contributed by atoms with Gasteiger partial charge in [0.05, 0.1) is 7.11 Å². The van der Waals surface area contributed by atoms with Crippen molar-refractivity contribution in [3.63, 3.8) is 0 Å². The van der Waals surface area contributed by atoms with E-state index in [1.54, 1.807) is 0 Å². The third-order valence-corrected chi connectivity index (χ3v) is 1.35. The summed E-state index contributed by atoms with van der Waals surface area (Å²) in [6.45, 7) is 0. The molecule has 4 nitrogen and oxygen atoms in total. The molecule has 4 heteroatoms. The van der Waals surface area contributed by atoms with Crippen LogP contribution in [0, 0.1) is 0 Å². The summed E-state index contributed by atoms with van der Waals surface area (Å²) < 4.78 is 14.4. The van der Waals surface area contributed by atoms with Gasteiger partial charge in [0.2, 0.25) is 6.29 Å². The van der Waals surface area contributed by atoms with Crippen LogP contribution in [0.25, 0.3) is 0 Å². The molecule has 0 spiro atoms. The van der Waals surface area contributed by atoms with E-state index in [1.807, 2.05) is 0 Å². The van der Waals surface area contributed by atoms with E-state index in [0.29, 0.717) is 5.76 Å². The second-order valence-corrected chi connectivity index (χ2v) is 1.91. The minimum absolute atomic E-state index is 0.481. The minimum atomic E-state index is -0.931. The fourth-order valence-corrected chi connectivity index (χ4v) is 0.813. The number of rotatable bonds is 2. The van der Waals surface area contributed by atoms with E-state index >= 15 is 0 Å². The zero-order chi connectivity index (χ0) is 7.56. The first-order valence-electron chi connectivity index (χ1n) is 2.90. The van der Waals surface area contributed by atoms with Crippen molar-refractivity contribution in [2.45, 2.75) is 12.4 Å². The summed E-state index contributed by atoms with van der Waals surface area (Å²) in [6.07, 6.45) is -0.0660. The summed E-state index contributed by atoms with van der Waals surface area (Å²) >= 11 is 0. The average Bonchev–Trinajstić information content (AvgIpc) is 2.30. The maximum absolute atomic E-state index is 9.01. The highest BCUT2D eigenvalue weighted by Crippen LogP contribution is 2.19. The van der Waals surface area contributed by atoms with Crippen LogP contribution in [0.1, 0.15) is 0 Å². The molecule has 0 radical (unpaired) electrons. The van der Waals surface area contributed by atoms with E-state index < -0.39 is 12.4 Å². The van der Waals surface area contributed by atoms with E-state index in [1.165, 1.54) is 20.5 Å². The fourth-order valence-electron chi connectivity index (χ4n) is 0.813. The zero-order valence-electron chi connectivity index (χ0n) is 5.90. The molecule has 0 amide bonds.